The van der Waals surface area contributed by atoms with Crippen LogP contribution in [0.5, 0.6) is 0 Å². The second kappa shape index (κ2) is 5.38. The zero-order chi connectivity index (χ0) is 13.1. The monoisotopic (exact) mass is 241 g/mol. The highest BCUT2D eigenvalue weighted by atomic mass is 16.5. The first-order valence-electron chi connectivity index (χ1n) is 6.60. The zero-order valence-electron chi connectivity index (χ0n) is 11.9. The number of hydrogen-bond donors (Lipinski definition) is 1. The van der Waals surface area contributed by atoms with Gasteiger partial charge in [0.2, 0.25) is 0 Å². The number of carbonyl (C=O) groups excluding carboxylic acids is 1. The van der Waals surface area contributed by atoms with E-state index in [1.54, 1.807) is 0 Å². The molecule has 1 aliphatic rings. The van der Waals surface area contributed by atoms with Gasteiger partial charge in [-0.05, 0) is 30.6 Å². The van der Waals surface area contributed by atoms with Gasteiger partial charge in [-0.3, -0.25) is 4.79 Å². The number of rotatable bonds is 7. The highest BCUT2D eigenvalue weighted by molar-refractivity contribution is 5.80. The minimum absolute atomic E-state index is 0.0494. The normalized spacial score (nSPS) is 18.2. The Bertz CT molecular complexity index is 267. The molecule has 0 bridgehead atoms. The molecule has 0 heterocycles. The molecule has 0 atom stereocenters. The summed E-state index contributed by atoms with van der Waals surface area (Å²) in [6, 6.07) is 0. The summed E-state index contributed by atoms with van der Waals surface area (Å²) in [6.07, 6.45) is 3.14. The number of esters is 1. The van der Waals surface area contributed by atoms with E-state index < -0.39 is 0 Å². The molecule has 0 aliphatic heterocycles. The summed E-state index contributed by atoms with van der Waals surface area (Å²) in [4.78, 5) is 11.6. The van der Waals surface area contributed by atoms with Crippen molar-refractivity contribution in [3.05, 3.63) is 0 Å². The lowest BCUT2D eigenvalue weighted by atomic mass is 9.84. The third kappa shape index (κ3) is 4.30. The van der Waals surface area contributed by atoms with Crippen LogP contribution in [0.25, 0.3) is 0 Å². The van der Waals surface area contributed by atoms with Crippen LogP contribution in [-0.2, 0) is 9.53 Å². The van der Waals surface area contributed by atoms with Gasteiger partial charge in [0, 0.05) is 13.1 Å². The Labute approximate surface area is 105 Å². The summed E-state index contributed by atoms with van der Waals surface area (Å²) in [7, 11) is 1.48. The Balaban J connectivity index is 2.30. The highest BCUT2D eigenvalue weighted by Crippen LogP contribution is 2.46. The first-order chi connectivity index (χ1) is 7.81. The molecule has 1 N–H and O–H groups in total. The summed E-state index contributed by atoms with van der Waals surface area (Å²) in [5, 5.41) is 3.45. The van der Waals surface area contributed by atoms with Crippen LogP contribution in [0.4, 0.5) is 0 Å². The van der Waals surface area contributed by atoms with Crippen molar-refractivity contribution in [2.45, 2.75) is 47.0 Å². The average molecular weight is 241 g/mol. The molecule has 100 valence electrons. The average Bonchev–Trinajstić information content (AvgIpc) is 2.95. The third-order valence-corrected chi connectivity index (χ3v) is 3.50. The predicted molar refractivity (Wildman–Crippen MR) is 69.8 cm³/mol. The summed E-state index contributed by atoms with van der Waals surface area (Å²) in [5.41, 5.74) is 0.0863. The van der Waals surface area contributed by atoms with E-state index in [9.17, 15) is 4.79 Å². The summed E-state index contributed by atoms with van der Waals surface area (Å²) in [6.45, 7) is 10.8. The van der Waals surface area contributed by atoms with Crippen LogP contribution in [0.3, 0.4) is 0 Å². The number of methoxy groups -OCH3 is 1. The van der Waals surface area contributed by atoms with Crippen molar-refractivity contribution < 1.29 is 9.53 Å². The van der Waals surface area contributed by atoms with Gasteiger partial charge in [-0.1, -0.05) is 27.7 Å². The molecule has 3 nitrogen and oxygen atoms in total. The number of carbonyl (C=O) groups is 1. The van der Waals surface area contributed by atoms with Gasteiger partial charge in [-0.2, -0.15) is 0 Å². The van der Waals surface area contributed by atoms with Crippen LogP contribution in [0.2, 0.25) is 0 Å². The van der Waals surface area contributed by atoms with Crippen LogP contribution >= 0.6 is 0 Å². The molecule has 0 unspecified atom stereocenters. The lowest BCUT2D eigenvalue weighted by Gasteiger charge is -2.28. The van der Waals surface area contributed by atoms with Gasteiger partial charge in [0.1, 0.15) is 0 Å². The fourth-order valence-electron chi connectivity index (χ4n) is 2.64. The molecule has 0 aromatic carbocycles. The van der Waals surface area contributed by atoms with Crippen LogP contribution in [0.1, 0.15) is 47.0 Å². The first kappa shape index (κ1) is 14.5. The van der Waals surface area contributed by atoms with E-state index in [1.807, 2.05) is 0 Å². The van der Waals surface area contributed by atoms with Gasteiger partial charge < -0.3 is 10.1 Å². The first-order valence-corrected chi connectivity index (χ1v) is 6.60. The lowest BCUT2D eigenvalue weighted by molar-refractivity contribution is -0.146. The smallest absolute Gasteiger partial charge is 0.313 e. The van der Waals surface area contributed by atoms with Crippen molar-refractivity contribution >= 4 is 5.97 Å². The van der Waals surface area contributed by atoms with Gasteiger partial charge >= 0.3 is 5.97 Å². The zero-order valence-corrected chi connectivity index (χ0v) is 11.9. The van der Waals surface area contributed by atoms with Crippen molar-refractivity contribution in [1.82, 2.24) is 5.32 Å². The van der Waals surface area contributed by atoms with Crippen molar-refractivity contribution in [2.24, 2.45) is 16.7 Å². The lowest BCUT2D eigenvalue weighted by Crippen LogP contribution is -2.37. The molecular weight excluding hydrogens is 214 g/mol. The molecule has 0 saturated heterocycles. The van der Waals surface area contributed by atoms with Crippen molar-refractivity contribution in [3.8, 4) is 0 Å². The van der Waals surface area contributed by atoms with E-state index in [2.05, 4.69) is 33.0 Å². The SMILES string of the molecule is COC(=O)C1(CNCC(C)(C)CC(C)C)CC1. The standard InChI is InChI=1S/C14H27NO2/c1-11(2)8-13(3,4)9-15-10-14(6-7-14)12(16)17-5/h11,15H,6-10H2,1-5H3. The van der Waals surface area contributed by atoms with Crippen molar-refractivity contribution in [3.63, 3.8) is 0 Å². The Kier molecular flexibility index (Phi) is 4.59. The molecule has 0 aromatic rings. The van der Waals surface area contributed by atoms with E-state index in [-0.39, 0.29) is 11.4 Å². The molecule has 1 rings (SSSR count). The second-order valence-electron chi connectivity index (χ2n) is 6.64. The Hall–Kier alpha value is -0.570. The molecular formula is C14H27NO2. The Morgan fingerprint density at radius 1 is 1.41 bits per heavy atom. The van der Waals surface area contributed by atoms with Crippen LogP contribution < -0.4 is 5.32 Å². The quantitative estimate of drug-likeness (QED) is 0.696. The maximum absolute atomic E-state index is 11.6. The van der Waals surface area contributed by atoms with Crippen LogP contribution in [0, 0.1) is 16.7 Å². The molecule has 1 saturated carbocycles. The molecule has 0 aromatic heterocycles. The number of nitrogens with one attached hydrogen (secondary N) is 1. The molecule has 0 spiro atoms. The van der Waals surface area contributed by atoms with E-state index in [0.717, 1.165) is 25.9 Å². The van der Waals surface area contributed by atoms with Crippen LogP contribution in [-0.4, -0.2) is 26.2 Å². The largest absolute Gasteiger partial charge is 0.469 e. The summed E-state index contributed by atoms with van der Waals surface area (Å²) in [5.74, 6) is 0.661. The number of ether oxygens (including phenoxy) is 1. The maximum atomic E-state index is 11.6. The van der Waals surface area contributed by atoms with E-state index in [4.69, 9.17) is 4.74 Å². The Morgan fingerprint density at radius 2 is 2.00 bits per heavy atom. The molecule has 17 heavy (non-hydrogen) atoms. The third-order valence-electron chi connectivity index (χ3n) is 3.50. The van der Waals surface area contributed by atoms with E-state index in [0.29, 0.717) is 11.3 Å². The maximum Gasteiger partial charge on any atom is 0.313 e. The number of hydrogen-bond acceptors (Lipinski definition) is 3. The predicted octanol–water partition coefficient (Wildman–Crippen LogP) is 2.60. The topological polar surface area (TPSA) is 38.3 Å². The van der Waals surface area contributed by atoms with Crippen LogP contribution in [0.15, 0.2) is 0 Å². The Morgan fingerprint density at radius 3 is 2.41 bits per heavy atom. The van der Waals surface area contributed by atoms with E-state index in [1.165, 1.54) is 13.5 Å². The van der Waals surface area contributed by atoms with Gasteiger partial charge in [-0.25, -0.2) is 0 Å². The summed E-state index contributed by atoms with van der Waals surface area (Å²) >= 11 is 0. The van der Waals surface area contributed by atoms with Crippen molar-refractivity contribution in [1.29, 1.82) is 0 Å². The molecule has 3 heteroatoms. The molecule has 1 aliphatic carbocycles. The second-order valence-corrected chi connectivity index (χ2v) is 6.64. The van der Waals surface area contributed by atoms with Crippen molar-refractivity contribution in [2.75, 3.05) is 20.2 Å². The molecule has 0 amide bonds. The fourth-order valence-corrected chi connectivity index (χ4v) is 2.64. The highest BCUT2D eigenvalue weighted by Gasteiger charge is 2.50. The summed E-state index contributed by atoms with van der Waals surface area (Å²) < 4.78 is 4.85. The van der Waals surface area contributed by atoms with E-state index >= 15 is 0 Å². The minimum atomic E-state index is -0.206. The molecule has 1 fully saturated rings. The van der Waals surface area contributed by atoms with Gasteiger partial charge in [0.05, 0.1) is 12.5 Å². The van der Waals surface area contributed by atoms with Gasteiger partial charge in [0.25, 0.3) is 0 Å². The van der Waals surface area contributed by atoms with Gasteiger partial charge in [0.15, 0.2) is 0 Å². The minimum Gasteiger partial charge on any atom is -0.469 e. The molecule has 0 radical (unpaired) electrons. The fraction of sp³-hybridized carbons (Fsp3) is 0.929. The van der Waals surface area contributed by atoms with Gasteiger partial charge in [-0.15, -0.1) is 0 Å².